The average molecular weight is 232 g/mol. The van der Waals surface area contributed by atoms with Gasteiger partial charge in [-0.2, -0.15) is 4.98 Å². The summed E-state index contributed by atoms with van der Waals surface area (Å²) in [7, 11) is 4.09. The first kappa shape index (κ1) is 11.4. The highest BCUT2D eigenvalue weighted by molar-refractivity contribution is 5.54. The maximum atomic E-state index is 5.44. The Morgan fingerprint density at radius 3 is 2.53 bits per heavy atom. The molecule has 6 heteroatoms. The van der Waals surface area contributed by atoms with Crippen LogP contribution in [-0.2, 0) is 6.54 Å². The third-order valence-corrected chi connectivity index (χ3v) is 2.21. The average Bonchev–Trinajstić information content (AvgIpc) is 2.66. The second kappa shape index (κ2) is 4.84. The number of nitrogen functional groups attached to an aromatic ring is 1. The first-order chi connectivity index (χ1) is 8.13. The van der Waals surface area contributed by atoms with Crippen LogP contribution in [-0.4, -0.2) is 34.2 Å². The number of aromatic amines is 1. The predicted molar refractivity (Wildman–Crippen MR) is 67.9 cm³/mol. The number of anilines is 3. The van der Waals surface area contributed by atoms with Crippen molar-refractivity contribution in [2.24, 2.45) is 0 Å². The van der Waals surface area contributed by atoms with Crippen LogP contribution in [0.25, 0.3) is 0 Å². The molecule has 4 N–H and O–H groups in total. The molecule has 0 atom stereocenters. The Hall–Kier alpha value is -2.08. The third-order valence-electron chi connectivity index (χ3n) is 2.21. The van der Waals surface area contributed by atoms with E-state index in [4.69, 9.17) is 5.73 Å². The van der Waals surface area contributed by atoms with E-state index in [0.717, 1.165) is 12.2 Å². The molecule has 2 rings (SSSR count). The number of rotatable bonds is 4. The highest BCUT2D eigenvalue weighted by Crippen LogP contribution is 2.14. The van der Waals surface area contributed by atoms with Crippen LogP contribution in [0.1, 0.15) is 5.56 Å². The molecule has 0 aliphatic carbocycles. The van der Waals surface area contributed by atoms with Crippen molar-refractivity contribution in [1.29, 1.82) is 0 Å². The quantitative estimate of drug-likeness (QED) is 0.737. The number of hydrogen-bond donors (Lipinski definition) is 3. The lowest BCUT2D eigenvalue weighted by molar-refractivity contribution is 0.402. The lowest BCUT2D eigenvalue weighted by Gasteiger charge is -2.10. The molecule has 0 bridgehead atoms. The molecule has 6 nitrogen and oxygen atoms in total. The summed E-state index contributed by atoms with van der Waals surface area (Å²) in [6.07, 6.45) is 0. The minimum absolute atomic E-state index is 0.303. The fourth-order valence-electron chi connectivity index (χ4n) is 1.52. The fraction of sp³-hybridized carbons (Fsp3) is 0.273. The van der Waals surface area contributed by atoms with E-state index < -0.39 is 0 Å². The molecular formula is C11H16N6. The van der Waals surface area contributed by atoms with Gasteiger partial charge in [-0.15, -0.1) is 5.10 Å². The molecule has 0 aliphatic rings. The lowest BCUT2D eigenvalue weighted by Crippen LogP contribution is -2.10. The van der Waals surface area contributed by atoms with E-state index in [2.05, 4.69) is 37.5 Å². The molecule has 1 aromatic carbocycles. The van der Waals surface area contributed by atoms with Gasteiger partial charge in [-0.3, -0.25) is 0 Å². The summed E-state index contributed by atoms with van der Waals surface area (Å²) in [6.45, 7) is 0.924. The first-order valence-electron chi connectivity index (χ1n) is 5.32. The number of nitrogens with zero attached hydrogens (tertiary/aromatic N) is 3. The van der Waals surface area contributed by atoms with Gasteiger partial charge in [0.05, 0.1) is 0 Å². The molecule has 0 saturated carbocycles. The third kappa shape index (κ3) is 3.18. The summed E-state index contributed by atoms with van der Waals surface area (Å²) < 4.78 is 0. The maximum absolute atomic E-state index is 5.44. The maximum Gasteiger partial charge on any atom is 0.248 e. The van der Waals surface area contributed by atoms with Gasteiger partial charge >= 0.3 is 0 Å². The number of benzene rings is 1. The molecule has 0 aliphatic heterocycles. The van der Waals surface area contributed by atoms with Crippen molar-refractivity contribution in [3.63, 3.8) is 0 Å². The molecule has 0 radical (unpaired) electrons. The van der Waals surface area contributed by atoms with E-state index >= 15 is 0 Å². The van der Waals surface area contributed by atoms with Gasteiger partial charge < -0.3 is 16.0 Å². The van der Waals surface area contributed by atoms with E-state index in [1.165, 1.54) is 5.56 Å². The van der Waals surface area contributed by atoms with Gasteiger partial charge in [0, 0.05) is 12.2 Å². The largest absolute Gasteiger partial charge is 0.368 e. The van der Waals surface area contributed by atoms with Crippen LogP contribution < -0.4 is 11.1 Å². The molecule has 0 unspecified atom stereocenters. The first-order valence-corrected chi connectivity index (χ1v) is 5.32. The highest BCUT2D eigenvalue weighted by atomic mass is 15.3. The minimum atomic E-state index is 0.303. The Morgan fingerprint density at radius 1 is 1.29 bits per heavy atom. The van der Waals surface area contributed by atoms with Crippen molar-refractivity contribution in [3.8, 4) is 0 Å². The molecule has 90 valence electrons. The van der Waals surface area contributed by atoms with E-state index in [1.807, 2.05) is 26.2 Å². The van der Waals surface area contributed by atoms with Crippen LogP contribution in [0.5, 0.6) is 0 Å². The highest BCUT2D eigenvalue weighted by Gasteiger charge is 2.01. The molecule has 17 heavy (non-hydrogen) atoms. The van der Waals surface area contributed by atoms with E-state index in [9.17, 15) is 0 Å². The lowest BCUT2D eigenvalue weighted by atomic mass is 10.2. The van der Waals surface area contributed by atoms with Crippen LogP contribution in [0.15, 0.2) is 24.3 Å². The summed E-state index contributed by atoms with van der Waals surface area (Å²) in [6, 6.07) is 8.12. The van der Waals surface area contributed by atoms with Crippen molar-refractivity contribution in [1.82, 2.24) is 20.1 Å². The summed E-state index contributed by atoms with van der Waals surface area (Å²) in [5.74, 6) is 0.777. The van der Waals surface area contributed by atoms with Crippen molar-refractivity contribution in [2.45, 2.75) is 6.54 Å². The molecule has 0 amide bonds. The molecule has 0 fully saturated rings. The Labute approximate surface area is 99.8 Å². The van der Waals surface area contributed by atoms with Crippen molar-refractivity contribution >= 4 is 17.6 Å². The standard InChI is InChI=1S/C11H16N6/c1-17(2)7-8-3-5-9(6-4-8)13-11-14-10(12)15-16-11/h3-6H,7H2,1-2H3,(H4,12,13,14,15,16). The number of hydrogen-bond acceptors (Lipinski definition) is 5. The Morgan fingerprint density at radius 2 is 2.00 bits per heavy atom. The fourth-order valence-corrected chi connectivity index (χ4v) is 1.52. The van der Waals surface area contributed by atoms with Crippen LogP contribution in [0.4, 0.5) is 17.6 Å². The van der Waals surface area contributed by atoms with Crippen LogP contribution in [0.2, 0.25) is 0 Å². The monoisotopic (exact) mass is 232 g/mol. The van der Waals surface area contributed by atoms with E-state index in [0.29, 0.717) is 11.9 Å². The summed E-state index contributed by atoms with van der Waals surface area (Å²) in [5.41, 5.74) is 7.63. The molecule has 1 aromatic heterocycles. The van der Waals surface area contributed by atoms with E-state index in [1.54, 1.807) is 0 Å². The zero-order valence-corrected chi connectivity index (χ0v) is 9.94. The number of aromatic nitrogens is 3. The zero-order chi connectivity index (χ0) is 12.3. The van der Waals surface area contributed by atoms with Gasteiger partial charge in [0.2, 0.25) is 11.9 Å². The second-order valence-electron chi connectivity index (χ2n) is 4.10. The summed E-state index contributed by atoms with van der Waals surface area (Å²) in [4.78, 5) is 6.09. The van der Waals surface area contributed by atoms with Gasteiger partial charge in [0.15, 0.2) is 0 Å². The Kier molecular flexibility index (Phi) is 3.24. The van der Waals surface area contributed by atoms with Crippen molar-refractivity contribution in [2.75, 3.05) is 25.1 Å². The zero-order valence-electron chi connectivity index (χ0n) is 9.94. The molecule has 2 aromatic rings. The van der Waals surface area contributed by atoms with Gasteiger partial charge in [-0.05, 0) is 31.8 Å². The topological polar surface area (TPSA) is 82.9 Å². The van der Waals surface area contributed by atoms with Gasteiger partial charge in [-0.25, -0.2) is 5.10 Å². The van der Waals surface area contributed by atoms with Crippen molar-refractivity contribution in [3.05, 3.63) is 29.8 Å². The Bertz CT molecular complexity index is 473. The van der Waals surface area contributed by atoms with Crippen LogP contribution in [0.3, 0.4) is 0 Å². The van der Waals surface area contributed by atoms with Gasteiger partial charge in [0.25, 0.3) is 0 Å². The van der Waals surface area contributed by atoms with Crippen LogP contribution >= 0.6 is 0 Å². The predicted octanol–water partition coefficient (Wildman–Crippen LogP) is 1.19. The number of nitrogens with two attached hydrogens (primary N) is 1. The van der Waals surface area contributed by atoms with Crippen molar-refractivity contribution < 1.29 is 0 Å². The van der Waals surface area contributed by atoms with Gasteiger partial charge in [0.1, 0.15) is 0 Å². The summed E-state index contributed by atoms with van der Waals surface area (Å²) in [5, 5.41) is 9.53. The Balaban J connectivity index is 2.03. The SMILES string of the molecule is CN(C)Cc1ccc(Nc2n[nH]c(N)n2)cc1. The van der Waals surface area contributed by atoms with Crippen LogP contribution in [0, 0.1) is 0 Å². The molecular weight excluding hydrogens is 216 g/mol. The summed E-state index contributed by atoms with van der Waals surface area (Å²) >= 11 is 0. The molecule has 0 spiro atoms. The molecule has 0 saturated heterocycles. The minimum Gasteiger partial charge on any atom is -0.368 e. The normalized spacial score (nSPS) is 10.8. The van der Waals surface area contributed by atoms with E-state index in [-0.39, 0.29) is 0 Å². The second-order valence-corrected chi connectivity index (χ2v) is 4.10. The number of H-pyrrole nitrogens is 1. The molecule has 1 heterocycles. The smallest absolute Gasteiger partial charge is 0.248 e. The van der Waals surface area contributed by atoms with Gasteiger partial charge in [-0.1, -0.05) is 12.1 Å². The number of nitrogens with one attached hydrogen (secondary N) is 2.